The Morgan fingerprint density at radius 3 is 2.86 bits per heavy atom. The summed E-state index contributed by atoms with van der Waals surface area (Å²) >= 11 is 6.12. The van der Waals surface area contributed by atoms with Crippen LogP contribution < -0.4 is 15.6 Å². The summed E-state index contributed by atoms with van der Waals surface area (Å²) < 4.78 is 5.12. The number of halogens is 1. The summed E-state index contributed by atoms with van der Waals surface area (Å²) in [5.41, 5.74) is 1.98. The maximum atomic E-state index is 11.8. The Balaban J connectivity index is 2.29. The summed E-state index contributed by atoms with van der Waals surface area (Å²) in [6.45, 7) is 3.46. The van der Waals surface area contributed by atoms with E-state index in [1.807, 2.05) is 6.07 Å². The first-order chi connectivity index (χ1) is 10.2. The number of nitrogens with one attached hydrogen (secondary N) is 2. The monoisotopic (exact) mass is 307 g/mol. The van der Waals surface area contributed by atoms with Crippen LogP contribution in [-0.4, -0.2) is 23.9 Å². The first-order valence-corrected chi connectivity index (χ1v) is 7.16. The van der Waals surface area contributed by atoms with Crippen molar-refractivity contribution >= 4 is 11.6 Å². The quantitative estimate of drug-likeness (QED) is 0.805. The van der Waals surface area contributed by atoms with E-state index in [2.05, 4.69) is 22.4 Å². The average molecular weight is 308 g/mol. The van der Waals surface area contributed by atoms with Crippen molar-refractivity contribution in [3.63, 3.8) is 0 Å². The van der Waals surface area contributed by atoms with E-state index in [0.717, 1.165) is 18.5 Å². The lowest BCUT2D eigenvalue weighted by atomic mass is 10.1. The third-order valence-electron chi connectivity index (χ3n) is 3.07. The Labute approximate surface area is 128 Å². The molecule has 112 valence electrons. The molecule has 2 rings (SSSR count). The number of aromatic nitrogens is 2. The molecular weight excluding hydrogens is 290 g/mol. The van der Waals surface area contributed by atoms with E-state index in [-0.39, 0.29) is 5.56 Å². The van der Waals surface area contributed by atoms with Crippen LogP contribution in [-0.2, 0) is 6.54 Å². The Bertz CT molecular complexity index is 670. The third kappa shape index (κ3) is 3.83. The molecular formula is C15H18ClN3O2. The van der Waals surface area contributed by atoms with Crippen LogP contribution in [0.1, 0.15) is 18.9 Å². The van der Waals surface area contributed by atoms with Crippen molar-refractivity contribution in [3.05, 3.63) is 45.2 Å². The number of ether oxygens (including phenoxy) is 1. The maximum absolute atomic E-state index is 11.8. The highest BCUT2D eigenvalue weighted by molar-refractivity contribution is 6.32. The summed E-state index contributed by atoms with van der Waals surface area (Å²) in [4.78, 5) is 11.8. The minimum atomic E-state index is -0.179. The standard InChI is InChI=1S/C15H18ClN3O2/c1-3-6-17-9-11-8-13(18-19-15(11)20)10-4-5-14(21-2)12(16)7-10/h4-5,7-8,17H,3,6,9H2,1-2H3,(H,19,20). The molecule has 0 saturated heterocycles. The lowest BCUT2D eigenvalue weighted by molar-refractivity contribution is 0.415. The largest absolute Gasteiger partial charge is 0.495 e. The SMILES string of the molecule is CCCNCc1cc(-c2ccc(OC)c(Cl)c2)n[nH]c1=O. The van der Waals surface area contributed by atoms with Crippen LogP contribution in [0.4, 0.5) is 0 Å². The van der Waals surface area contributed by atoms with E-state index in [0.29, 0.717) is 28.6 Å². The molecule has 0 aliphatic heterocycles. The van der Waals surface area contributed by atoms with E-state index < -0.39 is 0 Å². The Morgan fingerprint density at radius 2 is 2.19 bits per heavy atom. The fraction of sp³-hybridized carbons (Fsp3) is 0.333. The van der Waals surface area contributed by atoms with Gasteiger partial charge in [-0.05, 0) is 37.2 Å². The highest BCUT2D eigenvalue weighted by Crippen LogP contribution is 2.29. The Hall–Kier alpha value is -1.85. The number of H-pyrrole nitrogens is 1. The van der Waals surface area contributed by atoms with Gasteiger partial charge in [-0.1, -0.05) is 18.5 Å². The Kier molecular flexibility index (Phi) is 5.36. The van der Waals surface area contributed by atoms with E-state index in [1.54, 1.807) is 25.3 Å². The third-order valence-corrected chi connectivity index (χ3v) is 3.37. The molecule has 0 bridgehead atoms. The second-order valence-corrected chi connectivity index (χ2v) is 5.04. The van der Waals surface area contributed by atoms with Gasteiger partial charge in [0.15, 0.2) is 0 Å². The van der Waals surface area contributed by atoms with E-state index in [1.165, 1.54) is 0 Å². The fourth-order valence-corrected chi connectivity index (χ4v) is 2.21. The highest BCUT2D eigenvalue weighted by atomic mass is 35.5. The van der Waals surface area contributed by atoms with Gasteiger partial charge < -0.3 is 10.1 Å². The van der Waals surface area contributed by atoms with Crippen LogP contribution >= 0.6 is 11.6 Å². The second kappa shape index (κ2) is 7.24. The molecule has 2 aromatic rings. The first-order valence-electron chi connectivity index (χ1n) is 6.79. The highest BCUT2D eigenvalue weighted by Gasteiger charge is 2.08. The van der Waals surface area contributed by atoms with Gasteiger partial charge in [-0.3, -0.25) is 4.79 Å². The Morgan fingerprint density at radius 1 is 1.38 bits per heavy atom. The summed E-state index contributed by atoms with van der Waals surface area (Å²) in [6, 6.07) is 7.18. The van der Waals surface area contributed by atoms with Gasteiger partial charge in [-0.25, -0.2) is 5.10 Å². The normalized spacial score (nSPS) is 10.6. The number of methoxy groups -OCH3 is 1. The zero-order valence-corrected chi connectivity index (χ0v) is 12.8. The summed E-state index contributed by atoms with van der Waals surface area (Å²) in [5, 5.41) is 10.3. The molecule has 0 saturated carbocycles. The molecule has 1 aromatic carbocycles. The lowest BCUT2D eigenvalue weighted by Gasteiger charge is -2.07. The second-order valence-electron chi connectivity index (χ2n) is 4.63. The topological polar surface area (TPSA) is 67.0 Å². The van der Waals surface area contributed by atoms with Gasteiger partial charge in [0.1, 0.15) is 5.75 Å². The molecule has 5 nitrogen and oxygen atoms in total. The van der Waals surface area contributed by atoms with Crippen molar-refractivity contribution in [2.24, 2.45) is 0 Å². The van der Waals surface area contributed by atoms with Gasteiger partial charge in [0.25, 0.3) is 5.56 Å². The summed E-state index contributed by atoms with van der Waals surface area (Å²) in [7, 11) is 1.57. The number of rotatable bonds is 6. The minimum Gasteiger partial charge on any atom is -0.495 e. The van der Waals surface area contributed by atoms with Gasteiger partial charge in [0.05, 0.1) is 17.8 Å². The number of aromatic amines is 1. The summed E-state index contributed by atoms with van der Waals surface area (Å²) in [5.74, 6) is 0.606. The van der Waals surface area contributed by atoms with Crippen molar-refractivity contribution in [3.8, 4) is 17.0 Å². The van der Waals surface area contributed by atoms with E-state index in [9.17, 15) is 4.79 Å². The van der Waals surface area contributed by atoms with Crippen LogP contribution in [0, 0.1) is 0 Å². The minimum absolute atomic E-state index is 0.179. The molecule has 0 radical (unpaired) electrons. The summed E-state index contributed by atoms with van der Waals surface area (Å²) in [6.07, 6.45) is 1.02. The van der Waals surface area contributed by atoms with E-state index >= 15 is 0 Å². The molecule has 1 aromatic heterocycles. The van der Waals surface area contributed by atoms with Crippen LogP contribution in [0.25, 0.3) is 11.3 Å². The van der Waals surface area contributed by atoms with E-state index in [4.69, 9.17) is 16.3 Å². The van der Waals surface area contributed by atoms with Crippen molar-refractivity contribution in [2.45, 2.75) is 19.9 Å². The molecule has 2 N–H and O–H groups in total. The van der Waals surface area contributed by atoms with Crippen molar-refractivity contribution in [1.29, 1.82) is 0 Å². The zero-order chi connectivity index (χ0) is 15.2. The average Bonchev–Trinajstić information content (AvgIpc) is 2.49. The number of hydrogen-bond acceptors (Lipinski definition) is 4. The van der Waals surface area contributed by atoms with Gasteiger partial charge in [-0.15, -0.1) is 0 Å². The van der Waals surface area contributed by atoms with Crippen LogP contribution in [0.3, 0.4) is 0 Å². The molecule has 1 heterocycles. The number of nitrogens with zero attached hydrogens (tertiary/aromatic N) is 1. The molecule has 6 heteroatoms. The molecule has 0 aliphatic rings. The van der Waals surface area contributed by atoms with Crippen molar-refractivity contribution < 1.29 is 4.74 Å². The van der Waals surface area contributed by atoms with Crippen molar-refractivity contribution in [2.75, 3.05) is 13.7 Å². The number of benzene rings is 1. The van der Waals surface area contributed by atoms with Crippen molar-refractivity contribution in [1.82, 2.24) is 15.5 Å². The van der Waals surface area contributed by atoms with Gasteiger partial charge in [-0.2, -0.15) is 5.10 Å². The van der Waals surface area contributed by atoms with Crippen LogP contribution in [0.15, 0.2) is 29.1 Å². The molecule has 0 unspecified atom stereocenters. The number of hydrogen-bond donors (Lipinski definition) is 2. The molecule has 0 amide bonds. The smallest absolute Gasteiger partial charge is 0.268 e. The molecule has 0 fully saturated rings. The molecule has 21 heavy (non-hydrogen) atoms. The van der Waals surface area contributed by atoms with Crippen LogP contribution in [0.5, 0.6) is 5.75 Å². The maximum Gasteiger partial charge on any atom is 0.268 e. The molecule has 0 aliphatic carbocycles. The van der Waals surface area contributed by atoms with Gasteiger partial charge in [0.2, 0.25) is 0 Å². The first kappa shape index (κ1) is 15.5. The molecule has 0 spiro atoms. The van der Waals surface area contributed by atoms with Gasteiger partial charge in [0, 0.05) is 17.7 Å². The lowest BCUT2D eigenvalue weighted by Crippen LogP contribution is -2.22. The van der Waals surface area contributed by atoms with Gasteiger partial charge >= 0.3 is 0 Å². The van der Waals surface area contributed by atoms with Crippen LogP contribution in [0.2, 0.25) is 5.02 Å². The predicted molar refractivity (Wildman–Crippen MR) is 83.9 cm³/mol. The zero-order valence-electron chi connectivity index (χ0n) is 12.1. The molecule has 0 atom stereocenters. The fourth-order valence-electron chi connectivity index (χ4n) is 1.95. The predicted octanol–water partition coefficient (Wildman–Crippen LogP) is 2.60.